The number of aryl methyl sites for hydroxylation is 1. The Morgan fingerprint density at radius 2 is 2.17 bits per heavy atom. The van der Waals surface area contributed by atoms with E-state index in [0.29, 0.717) is 12.1 Å². The Hall–Kier alpha value is -3.48. The standard InChI is InChI=1S/C23H24N4O3/c28-22-20(17-14-25-18-7-2-1-6-16(17)18)21(19-8-3-4-13-30-19)27(23(22)29)11-5-10-26-12-9-24-15-26/h1-2,4,6-7,9,12-15,19,21,25,28H,3,5,8,10-11H2. The first kappa shape index (κ1) is 18.5. The summed E-state index contributed by atoms with van der Waals surface area (Å²) in [6.45, 7) is 1.28. The monoisotopic (exact) mass is 404 g/mol. The second kappa shape index (κ2) is 7.74. The van der Waals surface area contributed by atoms with Gasteiger partial charge in [-0.1, -0.05) is 18.2 Å². The van der Waals surface area contributed by atoms with E-state index in [1.165, 1.54) is 0 Å². The molecule has 3 aromatic rings. The van der Waals surface area contributed by atoms with Gasteiger partial charge >= 0.3 is 0 Å². The first-order chi connectivity index (χ1) is 14.7. The van der Waals surface area contributed by atoms with Crippen molar-refractivity contribution in [2.24, 2.45) is 0 Å². The van der Waals surface area contributed by atoms with Crippen molar-refractivity contribution in [1.29, 1.82) is 0 Å². The number of H-pyrrole nitrogens is 1. The number of aliphatic hydroxyl groups excluding tert-OH is 1. The highest BCUT2D eigenvalue weighted by Crippen LogP contribution is 2.40. The number of nitrogens with one attached hydrogen (secondary N) is 1. The molecule has 154 valence electrons. The summed E-state index contributed by atoms with van der Waals surface area (Å²) in [5, 5.41) is 11.9. The van der Waals surface area contributed by atoms with Crippen LogP contribution in [0, 0.1) is 0 Å². The number of hydrogen-bond donors (Lipinski definition) is 2. The van der Waals surface area contributed by atoms with Crippen LogP contribution in [0.25, 0.3) is 16.5 Å². The number of nitrogens with zero attached hydrogens (tertiary/aromatic N) is 3. The summed E-state index contributed by atoms with van der Waals surface area (Å²) in [4.78, 5) is 22.2. The van der Waals surface area contributed by atoms with Gasteiger partial charge < -0.3 is 24.3 Å². The van der Waals surface area contributed by atoms with Crippen LogP contribution in [0.4, 0.5) is 0 Å². The molecule has 1 aromatic carbocycles. The minimum Gasteiger partial charge on any atom is -0.503 e. The van der Waals surface area contributed by atoms with Gasteiger partial charge in [0.05, 0.1) is 18.6 Å². The van der Waals surface area contributed by atoms with Crippen LogP contribution in [0.15, 0.2) is 67.3 Å². The van der Waals surface area contributed by atoms with Crippen LogP contribution in [0.5, 0.6) is 0 Å². The molecule has 7 nitrogen and oxygen atoms in total. The SMILES string of the molecule is O=C1C(O)=C(c2c[nH]c3ccccc23)C(C2CCC=CO2)N1CCCn1ccnc1. The molecule has 0 saturated heterocycles. The molecule has 2 aromatic heterocycles. The van der Waals surface area contributed by atoms with Crippen molar-refractivity contribution >= 4 is 22.4 Å². The summed E-state index contributed by atoms with van der Waals surface area (Å²) >= 11 is 0. The predicted octanol–water partition coefficient (Wildman–Crippen LogP) is 3.63. The van der Waals surface area contributed by atoms with Crippen molar-refractivity contribution in [2.75, 3.05) is 6.54 Å². The molecule has 0 spiro atoms. The molecule has 5 rings (SSSR count). The highest BCUT2D eigenvalue weighted by Gasteiger charge is 2.45. The number of rotatable bonds is 6. The molecule has 0 radical (unpaired) electrons. The zero-order valence-corrected chi connectivity index (χ0v) is 16.6. The number of carbonyl (C=O) groups excluding carboxylic acids is 1. The summed E-state index contributed by atoms with van der Waals surface area (Å²) in [6, 6.07) is 7.60. The van der Waals surface area contributed by atoms with Crippen LogP contribution in [-0.4, -0.2) is 49.1 Å². The van der Waals surface area contributed by atoms with Crippen molar-refractivity contribution in [2.45, 2.75) is 38.0 Å². The molecule has 2 N–H and O–H groups in total. The molecule has 4 heterocycles. The average Bonchev–Trinajstić information content (AvgIpc) is 3.50. The Morgan fingerprint density at radius 1 is 1.27 bits per heavy atom. The molecule has 0 saturated carbocycles. The summed E-state index contributed by atoms with van der Waals surface area (Å²) in [7, 11) is 0. The van der Waals surface area contributed by atoms with Crippen molar-refractivity contribution in [3.63, 3.8) is 0 Å². The first-order valence-corrected chi connectivity index (χ1v) is 10.3. The lowest BCUT2D eigenvalue weighted by molar-refractivity contribution is -0.131. The largest absolute Gasteiger partial charge is 0.503 e. The van der Waals surface area contributed by atoms with E-state index in [1.807, 2.05) is 47.3 Å². The van der Waals surface area contributed by atoms with Crippen LogP contribution in [-0.2, 0) is 16.1 Å². The number of amides is 1. The maximum Gasteiger partial charge on any atom is 0.289 e. The van der Waals surface area contributed by atoms with E-state index < -0.39 is 0 Å². The van der Waals surface area contributed by atoms with Crippen LogP contribution >= 0.6 is 0 Å². The third-order valence-corrected chi connectivity index (χ3v) is 5.92. The molecule has 7 heteroatoms. The summed E-state index contributed by atoms with van der Waals surface area (Å²) in [5.41, 5.74) is 2.49. The fraction of sp³-hybridized carbons (Fsp3) is 0.304. The maximum atomic E-state index is 13.1. The minimum atomic E-state index is -0.330. The Balaban J connectivity index is 1.49. The zero-order valence-electron chi connectivity index (χ0n) is 16.6. The van der Waals surface area contributed by atoms with Gasteiger partial charge in [-0.2, -0.15) is 0 Å². The first-order valence-electron chi connectivity index (χ1n) is 10.3. The molecule has 0 fully saturated rings. The van der Waals surface area contributed by atoms with E-state index in [9.17, 15) is 9.90 Å². The number of aromatic amines is 1. The van der Waals surface area contributed by atoms with E-state index in [1.54, 1.807) is 23.7 Å². The topological polar surface area (TPSA) is 83.4 Å². The number of hydrogen-bond acceptors (Lipinski definition) is 4. The predicted molar refractivity (Wildman–Crippen MR) is 113 cm³/mol. The highest BCUT2D eigenvalue weighted by atomic mass is 16.5. The van der Waals surface area contributed by atoms with Gasteiger partial charge in [-0.15, -0.1) is 0 Å². The fourth-order valence-corrected chi connectivity index (χ4v) is 4.51. The third-order valence-electron chi connectivity index (χ3n) is 5.92. The number of fused-ring (bicyclic) bond motifs is 1. The van der Waals surface area contributed by atoms with Crippen LogP contribution < -0.4 is 0 Å². The van der Waals surface area contributed by atoms with Gasteiger partial charge in [-0.25, -0.2) is 4.98 Å². The molecule has 2 aliphatic heterocycles. The lowest BCUT2D eigenvalue weighted by Crippen LogP contribution is -2.45. The fourth-order valence-electron chi connectivity index (χ4n) is 4.51. The van der Waals surface area contributed by atoms with Gasteiger partial charge in [-0.3, -0.25) is 4.79 Å². The molecule has 2 aliphatic rings. The Kier molecular flexibility index (Phi) is 4.78. The van der Waals surface area contributed by atoms with Crippen LogP contribution in [0.2, 0.25) is 0 Å². The van der Waals surface area contributed by atoms with Crippen LogP contribution in [0.3, 0.4) is 0 Å². The lowest BCUT2D eigenvalue weighted by Gasteiger charge is -2.34. The van der Waals surface area contributed by atoms with Crippen molar-refractivity contribution in [3.8, 4) is 0 Å². The number of benzene rings is 1. The number of aromatic nitrogens is 3. The minimum absolute atomic E-state index is 0.175. The van der Waals surface area contributed by atoms with Gasteiger partial charge in [0.15, 0.2) is 5.76 Å². The van der Waals surface area contributed by atoms with Gasteiger partial charge in [0.25, 0.3) is 5.91 Å². The van der Waals surface area contributed by atoms with Crippen molar-refractivity contribution in [1.82, 2.24) is 19.4 Å². The summed E-state index contributed by atoms with van der Waals surface area (Å²) in [6.07, 6.45) is 13.3. The average molecular weight is 404 g/mol. The maximum absolute atomic E-state index is 13.1. The molecule has 0 aliphatic carbocycles. The van der Waals surface area contributed by atoms with Gasteiger partial charge in [0, 0.05) is 53.7 Å². The number of aliphatic hydroxyl groups is 1. The molecular formula is C23H24N4O3. The number of ether oxygens (including phenoxy) is 1. The second-order valence-electron chi connectivity index (χ2n) is 7.73. The smallest absolute Gasteiger partial charge is 0.289 e. The summed E-state index contributed by atoms with van der Waals surface area (Å²) < 4.78 is 7.93. The molecular weight excluding hydrogens is 380 g/mol. The number of carbonyl (C=O) groups is 1. The number of para-hydroxylation sites is 1. The molecule has 0 bridgehead atoms. The lowest BCUT2D eigenvalue weighted by atomic mass is 9.92. The number of imidazole rings is 1. The van der Waals surface area contributed by atoms with Gasteiger partial charge in [0.1, 0.15) is 6.10 Å². The van der Waals surface area contributed by atoms with Gasteiger partial charge in [-0.05, 0) is 31.4 Å². The molecule has 2 atom stereocenters. The van der Waals surface area contributed by atoms with Gasteiger partial charge in [0.2, 0.25) is 0 Å². The Bertz CT molecular complexity index is 1110. The Labute approximate surface area is 174 Å². The normalized spacial score (nSPS) is 21.6. The molecule has 2 unspecified atom stereocenters. The van der Waals surface area contributed by atoms with Crippen LogP contribution in [0.1, 0.15) is 24.8 Å². The zero-order chi connectivity index (χ0) is 20.5. The highest BCUT2D eigenvalue weighted by molar-refractivity contribution is 6.08. The number of allylic oxidation sites excluding steroid dienone is 1. The van der Waals surface area contributed by atoms with Crippen molar-refractivity contribution in [3.05, 3.63) is 72.8 Å². The van der Waals surface area contributed by atoms with E-state index in [0.717, 1.165) is 42.3 Å². The third kappa shape index (κ3) is 3.16. The van der Waals surface area contributed by atoms with Crippen molar-refractivity contribution < 1.29 is 14.6 Å². The van der Waals surface area contributed by atoms with E-state index in [-0.39, 0.29) is 23.8 Å². The quantitative estimate of drug-likeness (QED) is 0.657. The second-order valence-corrected chi connectivity index (χ2v) is 7.73. The molecule has 1 amide bonds. The van der Waals surface area contributed by atoms with E-state index in [4.69, 9.17) is 4.74 Å². The summed E-state index contributed by atoms with van der Waals surface area (Å²) in [5.74, 6) is -0.505. The van der Waals surface area contributed by atoms with E-state index >= 15 is 0 Å². The Morgan fingerprint density at radius 3 is 2.97 bits per heavy atom. The van der Waals surface area contributed by atoms with E-state index in [2.05, 4.69) is 9.97 Å². The molecule has 30 heavy (non-hydrogen) atoms.